The second kappa shape index (κ2) is 6.27. The zero-order valence-corrected chi connectivity index (χ0v) is 9.59. The van der Waals surface area contributed by atoms with E-state index in [1.165, 1.54) is 11.1 Å². The van der Waals surface area contributed by atoms with Gasteiger partial charge < -0.3 is 5.32 Å². The molecule has 1 rings (SSSR count). The van der Waals surface area contributed by atoms with Crippen LogP contribution in [0.5, 0.6) is 0 Å². The number of likely N-dealkylation sites (N-methyl/N-ethyl adjacent to an activating group) is 1. The maximum absolute atomic E-state index is 5.28. The Kier molecular flexibility index (Phi) is 4.93. The van der Waals surface area contributed by atoms with Gasteiger partial charge in [0.1, 0.15) is 0 Å². The average Bonchev–Trinajstić information content (AvgIpc) is 2.26. The molecule has 1 heteroatoms. The Bertz CT molecular complexity index is 335. The van der Waals surface area contributed by atoms with E-state index < -0.39 is 0 Å². The Morgan fingerprint density at radius 2 is 2.13 bits per heavy atom. The molecule has 15 heavy (non-hydrogen) atoms. The fraction of sp³-hybridized carbons (Fsp3) is 0.429. The standard InChI is InChI=1S/C14H19N/c1-4-5-10-14(15-3)11-13-9-7-6-8-12(13)2/h1,6-9,14-15H,5,10-11H2,2-3H3. The van der Waals surface area contributed by atoms with Crippen molar-refractivity contribution in [2.75, 3.05) is 7.05 Å². The van der Waals surface area contributed by atoms with Crippen molar-refractivity contribution in [3.05, 3.63) is 35.4 Å². The van der Waals surface area contributed by atoms with Gasteiger partial charge in [-0.1, -0.05) is 24.3 Å². The van der Waals surface area contributed by atoms with Crippen LogP contribution in [0.15, 0.2) is 24.3 Å². The molecule has 1 atom stereocenters. The number of aryl methyl sites for hydroxylation is 1. The molecule has 1 aromatic carbocycles. The van der Waals surface area contributed by atoms with Crippen LogP contribution in [0.2, 0.25) is 0 Å². The fourth-order valence-corrected chi connectivity index (χ4v) is 1.71. The number of terminal acetylenes is 1. The highest BCUT2D eigenvalue weighted by Crippen LogP contribution is 2.11. The van der Waals surface area contributed by atoms with E-state index in [9.17, 15) is 0 Å². The Hall–Kier alpha value is -1.26. The van der Waals surface area contributed by atoms with Gasteiger partial charge in [0.15, 0.2) is 0 Å². The summed E-state index contributed by atoms with van der Waals surface area (Å²) >= 11 is 0. The maximum Gasteiger partial charge on any atom is 0.0114 e. The van der Waals surface area contributed by atoms with Crippen molar-refractivity contribution in [2.45, 2.75) is 32.2 Å². The molecule has 0 amide bonds. The largest absolute Gasteiger partial charge is 0.317 e. The molecular weight excluding hydrogens is 182 g/mol. The van der Waals surface area contributed by atoms with Crippen LogP contribution in [0.25, 0.3) is 0 Å². The van der Waals surface area contributed by atoms with E-state index in [1.807, 2.05) is 7.05 Å². The van der Waals surface area contributed by atoms with Crippen molar-refractivity contribution in [2.24, 2.45) is 0 Å². The molecule has 0 spiro atoms. The summed E-state index contributed by atoms with van der Waals surface area (Å²) in [5.74, 6) is 2.69. The molecule has 1 N–H and O–H groups in total. The van der Waals surface area contributed by atoms with Crippen LogP contribution >= 0.6 is 0 Å². The summed E-state index contributed by atoms with van der Waals surface area (Å²) in [7, 11) is 2.00. The van der Waals surface area contributed by atoms with Crippen molar-refractivity contribution in [1.29, 1.82) is 0 Å². The lowest BCUT2D eigenvalue weighted by Gasteiger charge is -2.16. The normalized spacial score (nSPS) is 12.1. The minimum Gasteiger partial charge on any atom is -0.317 e. The summed E-state index contributed by atoms with van der Waals surface area (Å²) in [5.41, 5.74) is 2.77. The maximum atomic E-state index is 5.28. The van der Waals surface area contributed by atoms with Crippen LogP contribution in [0.3, 0.4) is 0 Å². The molecule has 0 bridgehead atoms. The molecule has 0 heterocycles. The third kappa shape index (κ3) is 3.77. The van der Waals surface area contributed by atoms with E-state index in [2.05, 4.69) is 42.4 Å². The summed E-state index contributed by atoms with van der Waals surface area (Å²) in [6.45, 7) is 2.16. The molecule has 0 radical (unpaired) electrons. The number of benzene rings is 1. The van der Waals surface area contributed by atoms with Crippen molar-refractivity contribution in [1.82, 2.24) is 5.32 Å². The topological polar surface area (TPSA) is 12.0 Å². The molecule has 0 fully saturated rings. The lowest BCUT2D eigenvalue weighted by atomic mass is 9.98. The van der Waals surface area contributed by atoms with E-state index >= 15 is 0 Å². The van der Waals surface area contributed by atoms with Gasteiger partial charge in [0.25, 0.3) is 0 Å². The second-order valence-electron chi connectivity index (χ2n) is 3.86. The minimum atomic E-state index is 0.488. The van der Waals surface area contributed by atoms with Gasteiger partial charge in [0.2, 0.25) is 0 Å². The van der Waals surface area contributed by atoms with E-state index in [-0.39, 0.29) is 0 Å². The Labute approximate surface area is 92.9 Å². The molecule has 0 saturated carbocycles. The molecule has 0 aliphatic heterocycles. The number of nitrogens with one attached hydrogen (secondary N) is 1. The highest BCUT2D eigenvalue weighted by Gasteiger charge is 2.07. The van der Waals surface area contributed by atoms with Gasteiger partial charge in [0.05, 0.1) is 0 Å². The summed E-state index contributed by atoms with van der Waals surface area (Å²) in [6.07, 6.45) is 8.23. The third-order valence-corrected chi connectivity index (χ3v) is 2.77. The Morgan fingerprint density at radius 1 is 1.40 bits per heavy atom. The molecular formula is C14H19N. The fourth-order valence-electron chi connectivity index (χ4n) is 1.71. The molecule has 1 unspecified atom stereocenters. The molecule has 1 aromatic rings. The summed E-state index contributed by atoms with van der Waals surface area (Å²) in [6, 6.07) is 9.01. The molecule has 0 aliphatic rings. The van der Waals surface area contributed by atoms with Gasteiger partial charge in [0, 0.05) is 12.5 Å². The lowest BCUT2D eigenvalue weighted by Crippen LogP contribution is -2.27. The number of rotatable bonds is 5. The van der Waals surface area contributed by atoms with E-state index in [4.69, 9.17) is 6.42 Å². The first kappa shape index (κ1) is 11.8. The summed E-state index contributed by atoms with van der Waals surface area (Å²) < 4.78 is 0. The van der Waals surface area contributed by atoms with Crippen LogP contribution in [0.4, 0.5) is 0 Å². The van der Waals surface area contributed by atoms with Gasteiger partial charge in [-0.2, -0.15) is 0 Å². The van der Waals surface area contributed by atoms with Crippen molar-refractivity contribution < 1.29 is 0 Å². The van der Waals surface area contributed by atoms with Crippen LogP contribution in [-0.4, -0.2) is 13.1 Å². The van der Waals surface area contributed by atoms with Crippen LogP contribution in [0, 0.1) is 19.3 Å². The highest BCUT2D eigenvalue weighted by molar-refractivity contribution is 5.26. The van der Waals surface area contributed by atoms with Gasteiger partial charge in [-0.3, -0.25) is 0 Å². The highest BCUT2D eigenvalue weighted by atomic mass is 14.9. The van der Waals surface area contributed by atoms with E-state index in [0.717, 1.165) is 19.3 Å². The van der Waals surface area contributed by atoms with Gasteiger partial charge >= 0.3 is 0 Å². The van der Waals surface area contributed by atoms with Crippen molar-refractivity contribution in [3.8, 4) is 12.3 Å². The quantitative estimate of drug-likeness (QED) is 0.722. The smallest absolute Gasteiger partial charge is 0.0114 e. The predicted octanol–water partition coefficient (Wildman–Crippen LogP) is 2.54. The average molecular weight is 201 g/mol. The van der Waals surface area contributed by atoms with Crippen molar-refractivity contribution in [3.63, 3.8) is 0 Å². The first-order chi connectivity index (χ1) is 7.27. The lowest BCUT2D eigenvalue weighted by molar-refractivity contribution is 0.527. The molecule has 0 aromatic heterocycles. The molecule has 0 aliphatic carbocycles. The second-order valence-corrected chi connectivity index (χ2v) is 3.86. The summed E-state index contributed by atoms with van der Waals surface area (Å²) in [5, 5.41) is 3.32. The molecule has 0 saturated heterocycles. The molecule has 80 valence electrons. The Morgan fingerprint density at radius 3 is 2.73 bits per heavy atom. The Balaban J connectivity index is 2.59. The van der Waals surface area contributed by atoms with Crippen LogP contribution in [0.1, 0.15) is 24.0 Å². The number of hydrogen-bond donors (Lipinski definition) is 1. The van der Waals surface area contributed by atoms with Crippen LogP contribution < -0.4 is 5.32 Å². The third-order valence-electron chi connectivity index (χ3n) is 2.77. The van der Waals surface area contributed by atoms with Gasteiger partial charge in [-0.05, 0) is 37.9 Å². The van der Waals surface area contributed by atoms with Gasteiger partial charge in [-0.15, -0.1) is 12.3 Å². The van der Waals surface area contributed by atoms with Crippen LogP contribution in [-0.2, 0) is 6.42 Å². The number of hydrogen-bond acceptors (Lipinski definition) is 1. The van der Waals surface area contributed by atoms with Gasteiger partial charge in [-0.25, -0.2) is 0 Å². The minimum absolute atomic E-state index is 0.488. The van der Waals surface area contributed by atoms with E-state index in [0.29, 0.717) is 6.04 Å². The monoisotopic (exact) mass is 201 g/mol. The SMILES string of the molecule is C#CCCC(Cc1ccccc1C)NC. The first-order valence-corrected chi connectivity index (χ1v) is 5.43. The molecule has 1 nitrogen and oxygen atoms in total. The van der Waals surface area contributed by atoms with E-state index in [1.54, 1.807) is 0 Å². The van der Waals surface area contributed by atoms with Crippen molar-refractivity contribution >= 4 is 0 Å². The zero-order chi connectivity index (χ0) is 11.1. The summed E-state index contributed by atoms with van der Waals surface area (Å²) in [4.78, 5) is 0. The zero-order valence-electron chi connectivity index (χ0n) is 9.59. The first-order valence-electron chi connectivity index (χ1n) is 5.43. The predicted molar refractivity (Wildman–Crippen MR) is 65.8 cm³/mol.